The maximum Gasteiger partial charge on any atom is 0.145 e. The monoisotopic (exact) mass is 177 g/mol. The number of anilines is 1. The third-order valence-electron chi connectivity index (χ3n) is 1.99. The summed E-state index contributed by atoms with van der Waals surface area (Å²) in [5.74, 6) is 0.485. The van der Waals surface area contributed by atoms with Crippen LogP contribution in [0.3, 0.4) is 0 Å². The Morgan fingerprint density at radius 1 is 1.46 bits per heavy atom. The highest BCUT2D eigenvalue weighted by Crippen LogP contribution is 2.17. The molecule has 0 atom stereocenters. The summed E-state index contributed by atoms with van der Waals surface area (Å²) in [4.78, 5) is 0. The van der Waals surface area contributed by atoms with Crippen LogP contribution in [0.4, 0.5) is 5.82 Å². The van der Waals surface area contributed by atoms with E-state index >= 15 is 0 Å². The van der Waals surface area contributed by atoms with E-state index in [-0.39, 0.29) is 0 Å². The van der Waals surface area contributed by atoms with Crippen LogP contribution in [0.1, 0.15) is 5.69 Å². The Morgan fingerprint density at radius 3 is 2.69 bits per heavy atom. The molecule has 2 aromatic rings. The zero-order valence-corrected chi connectivity index (χ0v) is 7.57. The van der Waals surface area contributed by atoms with Crippen LogP contribution in [0.15, 0.2) is 12.1 Å². The van der Waals surface area contributed by atoms with Gasteiger partial charge in [-0.05, 0) is 13.0 Å². The number of nitrogens with two attached hydrogens (primary N) is 1. The highest BCUT2D eigenvalue weighted by atomic mass is 15.3. The van der Waals surface area contributed by atoms with Crippen molar-refractivity contribution in [2.75, 3.05) is 5.73 Å². The second-order valence-electron chi connectivity index (χ2n) is 3.00. The van der Waals surface area contributed by atoms with Crippen molar-refractivity contribution < 1.29 is 0 Å². The summed E-state index contributed by atoms with van der Waals surface area (Å²) in [5, 5.41) is 10.9. The van der Waals surface area contributed by atoms with E-state index in [9.17, 15) is 0 Å². The fourth-order valence-electron chi connectivity index (χ4n) is 1.16. The van der Waals surface area contributed by atoms with Gasteiger partial charge in [-0.3, -0.25) is 9.78 Å². The number of nitrogens with one attached hydrogen (secondary N) is 1. The van der Waals surface area contributed by atoms with Gasteiger partial charge in [0.2, 0.25) is 0 Å². The van der Waals surface area contributed by atoms with E-state index in [1.165, 1.54) is 0 Å². The van der Waals surface area contributed by atoms with E-state index in [1.54, 1.807) is 6.07 Å². The summed E-state index contributed by atoms with van der Waals surface area (Å²) in [6.07, 6.45) is 0. The number of aryl methyl sites for hydroxylation is 2. The molecule has 0 amide bonds. The Bertz CT molecular complexity index is 406. The zero-order valence-electron chi connectivity index (χ0n) is 7.57. The van der Waals surface area contributed by atoms with Gasteiger partial charge in [0, 0.05) is 18.8 Å². The fourth-order valence-corrected chi connectivity index (χ4v) is 1.16. The lowest BCUT2D eigenvalue weighted by molar-refractivity contribution is 0.742. The maximum absolute atomic E-state index is 5.48. The molecule has 5 heteroatoms. The first-order valence-electron chi connectivity index (χ1n) is 3.99. The lowest BCUT2D eigenvalue weighted by Gasteiger charge is -1.89. The normalized spacial score (nSPS) is 10.6. The largest absolute Gasteiger partial charge is 0.382 e. The Morgan fingerprint density at radius 2 is 2.23 bits per heavy atom. The first kappa shape index (κ1) is 7.85. The molecular weight excluding hydrogens is 166 g/mol. The second kappa shape index (κ2) is 2.62. The molecular formula is C8H11N5. The van der Waals surface area contributed by atoms with Crippen molar-refractivity contribution in [3.63, 3.8) is 0 Å². The molecule has 0 saturated carbocycles. The number of rotatable bonds is 1. The van der Waals surface area contributed by atoms with Gasteiger partial charge in [0.25, 0.3) is 0 Å². The number of aromatic amines is 1. The smallest absolute Gasteiger partial charge is 0.145 e. The topological polar surface area (TPSA) is 72.5 Å². The van der Waals surface area contributed by atoms with Crippen LogP contribution in [-0.2, 0) is 7.05 Å². The highest BCUT2D eigenvalue weighted by Gasteiger charge is 2.06. The van der Waals surface area contributed by atoms with Gasteiger partial charge in [0.1, 0.15) is 11.5 Å². The van der Waals surface area contributed by atoms with Gasteiger partial charge in [-0.2, -0.15) is 10.2 Å². The van der Waals surface area contributed by atoms with E-state index in [4.69, 9.17) is 5.73 Å². The third-order valence-corrected chi connectivity index (χ3v) is 1.99. The van der Waals surface area contributed by atoms with E-state index < -0.39 is 0 Å². The summed E-state index contributed by atoms with van der Waals surface area (Å²) >= 11 is 0. The number of hydrogen-bond donors (Lipinski definition) is 2. The van der Waals surface area contributed by atoms with Gasteiger partial charge in [0.05, 0.1) is 5.69 Å². The predicted octanol–water partition coefficient (Wildman–Crippen LogP) is 0.701. The average molecular weight is 177 g/mol. The van der Waals surface area contributed by atoms with Gasteiger partial charge in [-0.15, -0.1) is 0 Å². The summed E-state index contributed by atoms with van der Waals surface area (Å²) in [6, 6.07) is 3.74. The van der Waals surface area contributed by atoms with Crippen LogP contribution in [0.2, 0.25) is 0 Å². The minimum Gasteiger partial charge on any atom is -0.382 e. The number of hydrogen-bond acceptors (Lipinski definition) is 3. The first-order chi connectivity index (χ1) is 6.16. The Hall–Kier alpha value is -1.78. The minimum absolute atomic E-state index is 0.485. The predicted molar refractivity (Wildman–Crippen MR) is 49.9 cm³/mol. The molecule has 2 aromatic heterocycles. The van der Waals surface area contributed by atoms with Crippen LogP contribution in [0.5, 0.6) is 0 Å². The molecule has 0 aliphatic rings. The molecule has 68 valence electrons. The molecule has 0 aliphatic carbocycles. The molecule has 0 spiro atoms. The highest BCUT2D eigenvalue weighted by molar-refractivity contribution is 5.57. The molecule has 0 bridgehead atoms. The number of H-pyrrole nitrogens is 1. The van der Waals surface area contributed by atoms with Gasteiger partial charge >= 0.3 is 0 Å². The molecule has 0 fully saturated rings. The van der Waals surface area contributed by atoms with Crippen LogP contribution in [0, 0.1) is 6.92 Å². The average Bonchev–Trinajstić information content (AvgIpc) is 2.61. The van der Waals surface area contributed by atoms with E-state index in [1.807, 2.05) is 24.7 Å². The van der Waals surface area contributed by atoms with Crippen molar-refractivity contribution in [3.8, 4) is 11.4 Å². The van der Waals surface area contributed by atoms with Crippen molar-refractivity contribution in [1.82, 2.24) is 20.0 Å². The summed E-state index contributed by atoms with van der Waals surface area (Å²) in [7, 11) is 1.90. The Kier molecular flexibility index (Phi) is 1.58. The lowest BCUT2D eigenvalue weighted by Crippen LogP contribution is -1.92. The van der Waals surface area contributed by atoms with Crippen LogP contribution < -0.4 is 5.73 Å². The number of nitrogen functional groups attached to an aromatic ring is 1. The Balaban J connectivity index is 2.46. The van der Waals surface area contributed by atoms with Gasteiger partial charge in [-0.25, -0.2) is 0 Å². The van der Waals surface area contributed by atoms with Crippen molar-refractivity contribution in [2.45, 2.75) is 6.92 Å². The molecule has 0 radical (unpaired) electrons. The van der Waals surface area contributed by atoms with Gasteiger partial charge < -0.3 is 5.73 Å². The molecule has 3 N–H and O–H groups in total. The van der Waals surface area contributed by atoms with Crippen LogP contribution in [0.25, 0.3) is 11.4 Å². The van der Waals surface area contributed by atoms with Gasteiger partial charge in [-0.1, -0.05) is 0 Å². The molecule has 2 heterocycles. The molecule has 0 aliphatic heterocycles. The van der Waals surface area contributed by atoms with Crippen molar-refractivity contribution in [2.24, 2.45) is 7.05 Å². The maximum atomic E-state index is 5.48. The van der Waals surface area contributed by atoms with Crippen LogP contribution >= 0.6 is 0 Å². The Labute approximate surface area is 75.6 Å². The van der Waals surface area contributed by atoms with E-state index in [2.05, 4.69) is 15.3 Å². The number of aromatic nitrogens is 4. The van der Waals surface area contributed by atoms with E-state index in [0.29, 0.717) is 5.82 Å². The molecule has 0 unspecified atom stereocenters. The molecule has 0 aromatic carbocycles. The molecule has 2 rings (SSSR count). The molecule has 0 saturated heterocycles. The van der Waals surface area contributed by atoms with Crippen molar-refractivity contribution in [1.29, 1.82) is 0 Å². The first-order valence-corrected chi connectivity index (χ1v) is 3.99. The number of nitrogens with zero attached hydrogens (tertiary/aromatic N) is 3. The zero-order chi connectivity index (χ0) is 9.42. The summed E-state index contributed by atoms with van der Waals surface area (Å²) in [5.41, 5.74) is 8.30. The van der Waals surface area contributed by atoms with Gasteiger partial charge in [0.15, 0.2) is 0 Å². The van der Waals surface area contributed by atoms with Crippen LogP contribution in [-0.4, -0.2) is 20.0 Å². The molecule has 5 nitrogen and oxygen atoms in total. The lowest BCUT2D eigenvalue weighted by atomic mass is 10.3. The van der Waals surface area contributed by atoms with Crippen molar-refractivity contribution >= 4 is 5.82 Å². The summed E-state index contributed by atoms with van der Waals surface area (Å²) < 4.78 is 1.81. The standard InChI is InChI=1S/C8H11N5/c1-5-3-7(12-13(5)2)6-4-8(9)11-10-6/h3-4H,1-2H3,(H3,9,10,11). The van der Waals surface area contributed by atoms with E-state index in [0.717, 1.165) is 17.1 Å². The minimum atomic E-state index is 0.485. The molecule has 13 heavy (non-hydrogen) atoms. The quantitative estimate of drug-likeness (QED) is 0.673. The fraction of sp³-hybridized carbons (Fsp3) is 0.250. The second-order valence-corrected chi connectivity index (χ2v) is 3.00. The summed E-state index contributed by atoms with van der Waals surface area (Å²) in [6.45, 7) is 2.00. The SMILES string of the molecule is Cc1cc(-c2cc(N)n[nH]2)nn1C. The third kappa shape index (κ3) is 1.28. The van der Waals surface area contributed by atoms with Crippen molar-refractivity contribution in [3.05, 3.63) is 17.8 Å².